The summed E-state index contributed by atoms with van der Waals surface area (Å²) < 4.78 is 20.8. The number of pyridine rings is 1. The van der Waals surface area contributed by atoms with Crippen molar-refractivity contribution in [3.05, 3.63) is 18.3 Å². The molecule has 0 atom stereocenters. The van der Waals surface area contributed by atoms with Crippen LogP contribution in [0.2, 0.25) is 0 Å². The number of rotatable bonds is 7. The Kier molecular flexibility index (Phi) is 5.08. The van der Waals surface area contributed by atoms with E-state index in [1.165, 1.54) is 7.11 Å². The molecule has 1 aromatic carbocycles. The van der Waals surface area contributed by atoms with Crippen LogP contribution >= 0.6 is 0 Å². The average Bonchev–Trinajstić information content (AvgIpc) is 3.07. The number of likely N-dealkylation sites (N-methyl/N-ethyl adjacent to an activating group) is 1. The number of esters is 1. The van der Waals surface area contributed by atoms with Crippen LogP contribution < -0.4 is 19.7 Å². The SMILES string of the molecule is COCCNc1cnc(N(C)CC(=O)OC)c2cc3c(cc12)OCO3. The fourth-order valence-electron chi connectivity index (χ4n) is 2.68. The summed E-state index contributed by atoms with van der Waals surface area (Å²) in [6.07, 6.45) is 1.74. The van der Waals surface area contributed by atoms with Gasteiger partial charge < -0.3 is 29.2 Å². The third kappa shape index (κ3) is 3.53. The Morgan fingerprint density at radius 2 is 2.00 bits per heavy atom. The van der Waals surface area contributed by atoms with Gasteiger partial charge in [-0.15, -0.1) is 0 Å². The molecule has 0 radical (unpaired) electrons. The molecule has 0 spiro atoms. The van der Waals surface area contributed by atoms with Crippen LogP contribution in [-0.2, 0) is 14.3 Å². The molecule has 0 unspecified atom stereocenters. The van der Waals surface area contributed by atoms with E-state index in [0.29, 0.717) is 30.5 Å². The van der Waals surface area contributed by atoms with Crippen molar-refractivity contribution in [2.24, 2.45) is 0 Å². The molecular formula is C17H21N3O5. The van der Waals surface area contributed by atoms with Crippen molar-refractivity contribution in [2.75, 3.05) is 58.0 Å². The minimum absolute atomic E-state index is 0.101. The number of carbonyl (C=O) groups excluding carboxylic acids is 1. The minimum Gasteiger partial charge on any atom is -0.468 e. The second-order valence-electron chi connectivity index (χ2n) is 5.60. The molecule has 2 heterocycles. The zero-order valence-corrected chi connectivity index (χ0v) is 14.5. The number of anilines is 2. The van der Waals surface area contributed by atoms with E-state index < -0.39 is 0 Å². The number of methoxy groups -OCH3 is 2. The summed E-state index contributed by atoms with van der Waals surface area (Å²) in [7, 11) is 4.81. The van der Waals surface area contributed by atoms with E-state index in [1.807, 2.05) is 12.1 Å². The van der Waals surface area contributed by atoms with Crippen LogP contribution in [0.25, 0.3) is 10.8 Å². The Morgan fingerprint density at radius 3 is 2.68 bits per heavy atom. The van der Waals surface area contributed by atoms with E-state index in [4.69, 9.17) is 18.9 Å². The first-order valence-corrected chi connectivity index (χ1v) is 7.87. The monoisotopic (exact) mass is 347 g/mol. The number of aromatic nitrogens is 1. The maximum atomic E-state index is 11.6. The maximum absolute atomic E-state index is 11.6. The van der Waals surface area contributed by atoms with Gasteiger partial charge >= 0.3 is 5.97 Å². The topological polar surface area (TPSA) is 82.2 Å². The number of carbonyl (C=O) groups is 1. The Labute approximate surface area is 145 Å². The second-order valence-corrected chi connectivity index (χ2v) is 5.60. The van der Waals surface area contributed by atoms with E-state index in [2.05, 4.69) is 10.3 Å². The predicted molar refractivity (Wildman–Crippen MR) is 93.5 cm³/mol. The van der Waals surface area contributed by atoms with Crippen molar-refractivity contribution >= 4 is 28.2 Å². The van der Waals surface area contributed by atoms with Gasteiger partial charge in [0.25, 0.3) is 0 Å². The third-order valence-corrected chi connectivity index (χ3v) is 3.94. The molecule has 2 aromatic rings. The summed E-state index contributed by atoms with van der Waals surface area (Å²) in [5.74, 6) is 1.68. The standard InChI is InChI=1S/C17H21N3O5/c1-20(9-16(21)23-3)17-12-7-15-14(24-10-25-15)6-11(12)13(8-19-17)18-4-5-22-2/h6-8,18H,4-5,9-10H2,1-3H3. The molecule has 1 aliphatic heterocycles. The van der Waals surface area contributed by atoms with E-state index in [9.17, 15) is 4.79 Å². The summed E-state index contributed by atoms with van der Waals surface area (Å²) in [5, 5.41) is 5.10. The van der Waals surface area contributed by atoms with Crippen molar-refractivity contribution in [1.82, 2.24) is 4.98 Å². The summed E-state index contributed by atoms with van der Waals surface area (Å²) in [6.45, 7) is 1.53. The smallest absolute Gasteiger partial charge is 0.325 e. The van der Waals surface area contributed by atoms with Crippen molar-refractivity contribution in [3.63, 3.8) is 0 Å². The lowest BCUT2D eigenvalue weighted by molar-refractivity contribution is -0.138. The second kappa shape index (κ2) is 7.43. The molecule has 1 aliphatic rings. The highest BCUT2D eigenvalue weighted by molar-refractivity contribution is 6.02. The predicted octanol–water partition coefficient (Wildman–Crippen LogP) is 1.63. The van der Waals surface area contributed by atoms with Gasteiger partial charge in [-0.1, -0.05) is 0 Å². The molecule has 0 saturated heterocycles. The lowest BCUT2D eigenvalue weighted by Crippen LogP contribution is -2.27. The Hall–Kier alpha value is -2.74. The number of nitrogens with zero attached hydrogens (tertiary/aromatic N) is 2. The van der Waals surface area contributed by atoms with Gasteiger partial charge in [0.15, 0.2) is 11.5 Å². The maximum Gasteiger partial charge on any atom is 0.325 e. The Balaban J connectivity index is 2.03. The van der Waals surface area contributed by atoms with Crippen molar-refractivity contribution in [3.8, 4) is 11.5 Å². The molecule has 8 nitrogen and oxygen atoms in total. The Bertz CT molecular complexity index is 780. The van der Waals surface area contributed by atoms with Crippen molar-refractivity contribution in [2.45, 2.75) is 0 Å². The Morgan fingerprint density at radius 1 is 1.28 bits per heavy atom. The molecule has 0 saturated carbocycles. The van der Waals surface area contributed by atoms with Crippen LogP contribution in [0.4, 0.5) is 11.5 Å². The number of hydrogen-bond acceptors (Lipinski definition) is 8. The van der Waals surface area contributed by atoms with E-state index in [-0.39, 0.29) is 19.3 Å². The van der Waals surface area contributed by atoms with Gasteiger partial charge in [0.1, 0.15) is 12.4 Å². The van der Waals surface area contributed by atoms with Gasteiger partial charge in [-0.3, -0.25) is 4.79 Å². The van der Waals surface area contributed by atoms with Gasteiger partial charge in [-0.25, -0.2) is 4.98 Å². The number of benzene rings is 1. The molecule has 3 rings (SSSR count). The van der Waals surface area contributed by atoms with Gasteiger partial charge in [0, 0.05) is 31.5 Å². The highest BCUT2D eigenvalue weighted by Crippen LogP contribution is 2.41. The molecule has 0 aliphatic carbocycles. The first-order chi connectivity index (χ1) is 12.1. The van der Waals surface area contributed by atoms with Gasteiger partial charge in [0.05, 0.1) is 25.6 Å². The zero-order valence-electron chi connectivity index (χ0n) is 14.5. The van der Waals surface area contributed by atoms with Crippen LogP contribution in [0.1, 0.15) is 0 Å². The molecule has 25 heavy (non-hydrogen) atoms. The van der Waals surface area contributed by atoms with Gasteiger partial charge in [-0.05, 0) is 12.1 Å². The van der Waals surface area contributed by atoms with E-state index in [1.54, 1.807) is 25.3 Å². The summed E-state index contributed by atoms with van der Waals surface area (Å²) in [5.41, 5.74) is 0.862. The fourth-order valence-corrected chi connectivity index (χ4v) is 2.68. The first-order valence-electron chi connectivity index (χ1n) is 7.87. The lowest BCUT2D eigenvalue weighted by Gasteiger charge is -2.20. The van der Waals surface area contributed by atoms with E-state index >= 15 is 0 Å². The molecule has 0 fully saturated rings. The fraction of sp³-hybridized carbons (Fsp3) is 0.412. The number of nitrogens with one attached hydrogen (secondary N) is 1. The highest BCUT2D eigenvalue weighted by Gasteiger charge is 2.20. The van der Waals surface area contributed by atoms with E-state index in [0.717, 1.165) is 16.5 Å². The van der Waals surface area contributed by atoms with Crippen LogP contribution in [0.15, 0.2) is 18.3 Å². The summed E-state index contributed by atoms with van der Waals surface area (Å²) >= 11 is 0. The van der Waals surface area contributed by atoms with Gasteiger partial charge in [0.2, 0.25) is 6.79 Å². The van der Waals surface area contributed by atoms with Crippen LogP contribution in [0.3, 0.4) is 0 Å². The highest BCUT2D eigenvalue weighted by atomic mass is 16.7. The average molecular weight is 347 g/mol. The molecule has 0 amide bonds. The third-order valence-electron chi connectivity index (χ3n) is 3.94. The largest absolute Gasteiger partial charge is 0.468 e. The minimum atomic E-state index is -0.333. The van der Waals surface area contributed by atoms with Crippen molar-refractivity contribution in [1.29, 1.82) is 0 Å². The number of ether oxygens (including phenoxy) is 4. The number of hydrogen-bond donors (Lipinski definition) is 1. The lowest BCUT2D eigenvalue weighted by atomic mass is 10.1. The van der Waals surface area contributed by atoms with Crippen LogP contribution in [0.5, 0.6) is 11.5 Å². The molecule has 0 bridgehead atoms. The van der Waals surface area contributed by atoms with Crippen molar-refractivity contribution < 1.29 is 23.7 Å². The molecule has 134 valence electrons. The van der Waals surface area contributed by atoms with Crippen LogP contribution in [0, 0.1) is 0 Å². The summed E-state index contributed by atoms with van der Waals surface area (Å²) in [6, 6.07) is 3.80. The van der Waals surface area contributed by atoms with Crippen LogP contribution in [-0.4, -0.2) is 58.7 Å². The number of fused-ring (bicyclic) bond motifs is 2. The molecule has 1 aromatic heterocycles. The summed E-state index contributed by atoms with van der Waals surface area (Å²) in [4.78, 5) is 17.9. The molecule has 1 N–H and O–H groups in total. The zero-order chi connectivity index (χ0) is 17.8. The normalized spacial score (nSPS) is 12.3. The molecular weight excluding hydrogens is 326 g/mol. The van der Waals surface area contributed by atoms with Gasteiger partial charge in [-0.2, -0.15) is 0 Å². The first kappa shape index (κ1) is 17.1. The quantitative estimate of drug-likeness (QED) is 0.598. The molecule has 8 heteroatoms.